The molecule has 0 aliphatic heterocycles. The van der Waals surface area contributed by atoms with Gasteiger partial charge in [0.05, 0.1) is 0 Å². The summed E-state index contributed by atoms with van der Waals surface area (Å²) in [5.41, 5.74) is 7.10. The molecule has 1 atom stereocenters. The Hall–Kier alpha value is -1.09. The van der Waals surface area contributed by atoms with Crippen LogP contribution < -0.4 is 10.6 Å². The molecule has 0 aromatic carbocycles. The highest BCUT2D eigenvalue weighted by molar-refractivity contribution is 5.48. The lowest BCUT2D eigenvalue weighted by molar-refractivity contribution is 0.610. The standard InChI is InChI=1S/C13H23N3/c1-5-16(9-10(2)3)13-12(11(4)14)7-6-8-15-13/h6-8,10-11H,5,9,14H2,1-4H3/t11-/m0/s1. The monoisotopic (exact) mass is 221 g/mol. The van der Waals surface area contributed by atoms with E-state index in [0.717, 1.165) is 24.5 Å². The summed E-state index contributed by atoms with van der Waals surface area (Å²) in [4.78, 5) is 6.77. The first-order chi connectivity index (χ1) is 7.56. The fourth-order valence-electron chi connectivity index (χ4n) is 1.84. The lowest BCUT2D eigenvalue weighted by atomic mass is 10.1. The quantitative estimate of drug-likeness (QED) is 0.831. The van der Waals surface area contributed by atoms with E-state index < -0.39 is 0 Å². The molecule has 0 saturated heterocycles. The first-order valence-corrected chi connectivity index (χ1v) is 6.01. The van der Waals surface area contributed by atoms with Crippen LogP contribution in [0.5, 0.6) is 0 Å². The third kappa shape index (κ3) is 3.20. The minimum atomic E-state index is 0.0323. The number of nitrogens with two attached hydrogens (primary N) is 1. The molecule has 1 aromatic heterocycles. The van der Waals surface area contributed by atoms with Gasteiger partial charge >= 0.3 is 0 Å². The van der Waals surface area contributed by atoms with E-state index in [1.807, 2.05) is 19.2 Å². The predicted molar refractivity (Wildman–Crippen MR) is 69.6 cm³/mol. The summed E-state index contributed by atoms with van der Waals surface area (Å²) in [7, 11) is 0. The van der Waals surface area contributed by atoms with Crippen molar-refractivity contribution in [3.05, 3.63) is 23.9 Å². The maximum Gasteiger partial charge on any atom is 0.133 e. The Balaban J connectivity index is 2.99. The normalized spacial score (nSPS) is 12.9. The number of anilines is 1. The van der Waals surface area contributed by atoms with E-state index in [1.54, 1.807) is 0 Å². The van der Waals surface area contributed by atoms with Crippen LogP contribution >= 0.6 is 0 Å². The number of hydrogen-bond donors (Lipinski definition) is 1. The average molecular weight is 221 g/mol. The number of nitrogens with zero attached hydrogens (tertiary/aromatic N) is 2. The highest BCUT2D eigenvalue weighted by atomic mass is 15.2. The molecule has 0 bridgehead atoms. The average Bonchev–Trinajstić information content (AvgIpc) is 2.25. The fraction of sp³-hybridized carbons (Fsp3) is 0.615. The Kier molecular flexibility index (Phi) is 4.74. The van der Waals surface area contributed by atoms with E-state index in [2.05, 4.69) is 36.7 Å². The molecule has 0 saturated carbocycles. The van der Waals surface area contributed by atoms with Crippen LogP contribution in [0.1, 0.15) is 39.3 Å². The van der Waals surface area contributed by atoms with Gasteiger partial charge < -0.3 is 10.6 Å². The molecule has 2 N–H and O–H groups in total. The maximum absolute atomic E-state index is 5.97. The minimum Gasteiger partial charge on any atom is -0.356 e. The lowest BCUT2D eigenvalue weighted by Crippen LogP contribution is -2.29. The van der Waals surface area contributed by atoms with Gasteiger partial charge in [-0.25, -0.2) is 4.98 Å². The summed E-state index contributed by atoms with van der Waals surface area (Å²) < 4.78 is 0. The molecule has 0 spiro atoms. The Morgan fingerprint density at radius 2 is 2.06 bits per heavy atom. The van der Waals surface area contributed by atoms with E-state index >= 15 is 0 Å². The van der Waals surface area contributed by atoms with E-state index in [0.29, 0.717) is 5.92 Å². The second-order valence-corrected chi connectivity index (χ2v) is 4.64. The van der Waals surface area contributed by atoms with Gasteiger partial charge in [-0.2, -0.15) is 0 Å². The van der Waals surface area contributed by atoms with Crippen molar-refractivity contribution in [2.24, 2.45) is 11.7 Å². The van der Waals surface area contributed by atoms with Crippen LogP contribution in [0.15, 0.2) is 18.3 Å². The van der Waals surface area contributed by atoms with Crippen LogP contribution in [0.2, 0.25) is 0 Å². The largest absolute Gasteiger partial charge is 0.356 e. The molecule has 90 valence electrons. The van der Waals surface area contributed by atoms with Crippen LogP contribution in [0, 0.1) is 5.92 Å². The van der Waals surface area contributed by atoms with Crippen molar-refractivity contribution in [3.8, 4) is 0 Å². The van der Waals surface area contributed by atoms with Crippen LogP contribution in [-0.4, -0.2) is 18.1 Å². The molecule has 3 heteroatoms. The number of aromatic nitrogens is 1. The summed E-state index contributed by atoms with van der Waals surface area (Å²) in [6, 6.07) is 4.05. The van der Waals surface area contributed by atoms with Crippen LogP contribution in [0.4, 0.5) is 5.82 Å². The van der Waals surface area contributed by atoms with Gasteiger partial charge in [-0.3, -0.25) is 0 Å². The van der Waals surface area contributed by atoms with Crippen molar-refractivity contribution < 1.29 is 0 Å². The Morgan fingerprint density at radius 1 is 1.38 bits per heavy atom. The molecule has 0 amide bonds. The fourth-order valence-corrected chi connectivity index (χ4v) is 1.84. The molecule has 1 aromatic rings. The summed E-state index contributed by atoms with van der Waals surface area (Å²) in [6.07, 6.45) is 1.84. The van der Waals surface area contributed by atoms with Crippen LogP contribution in [0.25, 0.3) is 0 Å². The van der Waals surface area contributed by atoms with Gasteiger partial charge in [-0.1, -0.05) is 19.9 Å². The molecule has 0 aliphatic carbocycles. The van der Waals surface area contributed by atoms with Crippen LogP contribution in [0.3, 0.4) is 0 Å². The molecule has 1 heterocycles. The van der Waals surface area contributed by atoms with E-state index in [1.165, 1.54) is 0 Å². The first-order valence-electron chi connectivity index (χ1n) is 6.01. The summed E-state index contributed by atoms with van der Waals surface area (Å²) in [5.74, 6) is 1.66. The highest BCUT2D eigenvalue weighted by Crippen LogP contribution is 2.22. The third-order valence-electron chi connectivity index (χ3n) is 2.57. The topological polar surface area (TPSA) is 42.2 Å². The summed E-state index contributed by atoms with van der Waals surface area (Å²) in [5, 5.41) is 0. The summed E-state index contributed by atoms with van der Waals surface area (Å²) in [6.45, 7) is 10.6. The second kappa shape index (κ2) is 5.85. The highest BCUT2D eigenvalue weighted by Gasteiger charge is 2.14. The van der Waals surface area contributed by atoms with Gasteiger partial charge in [0.25, 0.3) is 0 Å². The zero-order valence-corrected chi connectivity index (χ0v) is 10.8. The van der Waals surface area contributed by atoms with Crippen molar-refractivity contribution >= 4 is 5.82 Å². The molecule has 0 fully saturated rings. The maximum atomic E-state index is 5.97. The Bertz CT molecular complexity index is 321. The molecular weight excluding hydrogens is 198 g/mol. The Morgan fingerprint density at radius 3 is 2.56 bits per heavy atom. The molecular formula is C13H23N3. The molecule has 3 nitrogen and oxygen atoms in total. The van der Waals surface area contributed by atoms with E-state index in [-0.39, 0.29) is 6.04 Å². The minimum absolute atomic E-state index is 0.0323. The van der Waals surface area contributed by atoms with Crippen molar-refractivity contribution in [3.63, 3.8) is 0 Å². The smallest absolute Gasteiger partial charge is 0.133 e. The molecule has 16 heavy (non-hydrogen) atoms. The zero-order valence-electron chi connectivity index (χ0n) is 10.8. The molecule has 0 unspecified atom stereocenters. The van der Waals surface area contributed by atoms with Gasteiger partial charge in [-0.05, 0) is 25.8 Å². The third-order valence-corrected chi connectivity index (χ3v) is 2.57. The van der Waals surface area contributed by atoms with Crippen molar-refractivity contribution in [1.82, 2.24) is 4.98 Å². The van der Waals surface area contributed by atoms with Crippen molar-refractivity contribution in [1.29, 1.82) is 0 Å². The van der Waals surface area contributed by atoms with Crippen LogP contribution in [-0.2, 0) is 0 Å². The second-order valence-electron chi connectivity index (χ2n) is 4.64. The van der Waals surface area contributed by atoms with Crippen molar-refractivity contribution in [2.75, 3.05) is 18.0 Å². The van der Waals surface area contributed by atoms with Gasteiger partial charge in [-0.15, -0.1) is 0 Å². The predicted octanol–water partition coefficient (Wildman–Crippen LogP) is 2.58. The molecule has 0 radical (unpaired) electrons. The van der Waals surface area contributed by atoms with Gasteiger partial charge in [0.1, 0.15) is 5.82 Å². The number of pyridine rings is 1. The zero-order chi connectivity index (χ0) is 12.1. The van der Waals surface area contributed by atoms with E-state index in [9.17, 15) is 0 Å². The number of rotatable bonds is 5. The molecule has 1 rings (SSSR count). The SMILES string of the molecule is CCN(CC(C)C)c1ncccc1[C@H](C)N. The van der Waals surface area contributed by atoms with Gasteiger partial charge in [0.2, 0.25) is 0 Å². The Labute approximate surface area is 98.7 Å². The van der Waals surface area contributed by atoms with Gasteiger partial charge in [0.15, 0.2) is 0 Å². The van der Waals surface area contributed by atoms with Gasteiger partial charge in [0, 0.05) is 30.9 Å². The lowest BCUT2D eigenvalue weighted by Gasteiger charge is -2.27. The molecule has 0 aliphatic rings. The number of hydrogen-bond acceptors (Lipinski definition) is 3. The van der Waals surface area contributed by atoms with E-state index in [4.69, 9.17) is 5.73 Å². The summed E-state index contributed by atoms with van der Waals surface area (Å²) >= 11 is 0. The first kappa shape index (κ1) is 13.0. The van der Waals surface area contributed by atoms with Crippen molar-refractivity contribution in [2.45, 2.75) is 33.7 Å².